The second-order valence-electron chi connectivity index (χ2n) is 9.03. The van der Waals surface area contributed by atoms with Crippen LogP contribution in [0.15, 0.2) is 53.4 Å². The van der Waals surface area contributed by atoms with Gasteiger partial charge in [-0.05, 0) is 57.4 Å². The van der Waals surface area contributed by atoms with Crippen LogP contribution in [0.5, 0.6) is 0 Å². The molecule has 0 saturated heterocycles. The molecule has 1 aliphatic carbocycles. The van der Waals surface area contributed by atoms with Crippen molar-refractivity contribution in [3.8, 4) is 0 Å². The molecular weight excluding hydrogens is 414 g/mol. The molecule has 3 rings (SSSR count). The molecule has 0 aromatic heterocycles. The standard InChI is InChI=1S/C24H29NO5S/c1-6-17-9-11-18(12-10-17)20-21(31(28,29)19-13-7-16(2)8-14-19)24(20,15-26)25-22(27)30-23(3,4)5/h7-15,20-21H,6H2,1-5H3,(H,25,27)/t20-,21-,24+/m1/s1. The molecule has 166 valence electrons. The van der Waals surface area contributed by atoms with Crippen molar-refractivity contribution in [1.82, 2.24) is 5.32 Å². The normalized spacial score (nSPS) is 23.1. The van der Waals surface area contributed by atoms with Crippen molar-refractivity contribution >= 4 is 22.2 Å². The molecule has 0 heterocycles. The van der Waals surface area contributed by atoms with Gasteiger partial charge < -0.3 is 14.8 Å². The summed E-state index contributed by atoms with van der Waals surface area (Å²) in [6.07, 6.45) is 0.549. The molecule has 1 aliphatic rings. The van der Waals surface area contributed by atoms with Crippen LogP contribution in [-0.4, -0.2) is 37.2 Å². The molecule has 2 aromatic rings. The maximum atomic E-state index is 13.5. The van der Waals surface area contributed by atoms with Crippen molar-refractivity contribution in [2.45, 2.75) is 68.2 Å². The largest absolute Gasteiger partial charge is 0.444 e. The van der Waals surface area contributed by atoms with E-state index in [9.17, 15) is 18.0 Å². The average molecular weight is 444 g/mol. The number of carbonyl (C=O) groups excluding carboxylic acids is 2. The van der Waals surface area contributed by atoms with Gasteiger partial charge in [0.2, 0.25) is 0 Å². The molecule has 1 saturated carbocycles. The zero-order valence-electron chi connectivity index (χ0n) is 18.5. The van der Waals surface area contributed by atoms with Crippen LogP contribution < -0.4 is 5.32 Å². The van der Waals surface area contributed by atoms with Gasteiger partial charge >= 0.3 is 6.09 Å². The number of rotatable bonds is 6. The van der Waals surface area contributed by atoms with Gasteiger partial charge in [0.1, 0.15) is 22.7 Å². The highest BCUT2D eigenvalue weighted by Crippen LogP contribution is 2.56. The number of hydrogen-bond donors (Lipinski definition) is 1. The SMILES string of the molecule is CCc1ccc([C@@H]2[C@@H](S(=O)(=O)c3ccc(C)cc3)[C@@]2(C=O)NC(=O)OC(C)(C)C)cc1. The smallest absolute Gasteiger partial charge is 0.408 e. The predicted molar refractivity (Wildman–Crippen MR) is 119 cm³/mol. The first kappa shape index (κ1) is 23.0. The minimum absolute atomic E-state index is 0.119. The second kappa shape index (κ2) is 8.11. The van der Waals surface area contributed by atoms with E-state index in [4.69, 9.17) is 4.74 Å². The Hall–Kier alpha value is -2.67. The minimum Gasteiger partial charge on any atom is -0.444 e. The molecule has 31 heavy (non-hydrogen) atoms. The van der Waals surface area contributed by atoms with Crippen LogP contribution in [0, 0.1) is 6.92 Å². The number of sulfone groups is 1. The van der Waals surface area contributed by atoms with Gasteiger partial charge in [0.15, 0.2) is 9.84 Å². The summed E-state index contributed by atoms with van der Waals surface area (Å²) in [5.74, 6) is -0.713. The Kier molecular flexibility index (Phi) is 6.02. The van der Waals surface area contributed by atoms with E-state index < -0.39 is 38.2 Å². The summed E-state index contributed by atoms with van der Waals surface area (Å²) in [5, 5.41) is 1.45. The van der Waals surface area contributed by atoms with E-state index in [1.807, 2.05) is 38.1 Å². The van der Waals surface area contributed by atoms with Crippen LogP contribution in [0.2, 0.25) is 0 Å². The number of alkyl carbamates (subject to hydrolysis) is 1. The van der Waals surface area contributed by atoms with E-state index in [2.05, 4.69) is 5.32 Å². The highest BCUT2D eigenvalue weighted by Gasteiger charge is 2.73. The maximum Gasteiger partial charge on any atom is 0.408 e. The number of amides is 1. The van der Waals surface area contributed by atoms with Gasteiger partial charge in [0.25, 0.3) is 0 Å². The molecule has 0 radical (unpaired) electrons. The number of aryl methyl sites for hydroxylation is 2. The number of ether oxygens (including phenoxy) is 1. The van der Waals surface area contributed by atoms with E-state index in [1.54, 1.807) is 32.9 Å². The lowest BCUT2D eigenvalue weighted by Gasteiger charge is -2.22. The average Bonchev–Trinajstić information content (AvgIpc) is 3.36. The fourth-order valence-electron chi connectivity index (χ4n) is 3.90. The first-order chi connectivity index (χ1) is 14.4. The van der Waals surface area contributed by atoms with Gasteiger partial charge in [0, 0.05) is 5.92 Å². The zero-order chi connectivity index (χ0) is 23.0. The van der Waals surface area contributed by atoms with Gasteiger partial charge in [-0.1, -0.05) is 48.9 Å². The predicted octanol–water partition coefficient (Wildman–Crippen LogP) is 3.96. The fraction of sp³-hybridized carbons (Fsp3) is 0.417. The maximum absolute atomic E-state index is 13.5. The Labute approximate surface area is 183 Å². The summed E-state index contributed by atoms with van der Waals surface area (Å²) in [6.45, 7) is 9.00. The topological polar surface area (TPSA) is 89.5 Å². The van der Waals surface area contributed by atoms with Crippen molar-refractivity contribution in [2.24, 2.45) is 0 Å². The van der Waals surface area contributed by atoms with Crippen LogP contribution in [0.25, 0.3) is 0 Å². The van der Waals surface area contributed by atoms with Gasteiger partial charge in [-0.3, -0.25) is 0 Å². The monoisotopic (exact) mass is 443 g/mol. The summed E-state index contributed by atoms with van der Waals surface area (Å²) in [6, 6.07) is 14.0. The highest BCUT2D eigenvalue weighted by atomic mass is 32.2. The highest BCUT2D eigenvalue weighted by molar-refractivity contribution is 7.92. The molecule has 1 fully saturated rings. The Morgan fingerprint density at radius 2 is 1.68 bits per heavy atom. The molecule has 1 amide bonds. The number of aldehydes is 1. The van der Waals surface area contributed by atoms with Crippen molar-refractivity contribution in [3.63, 3.8) is 0 Å². The number of hydrogen-bond acceptors (Lipinski definition) is 5. The number of benzene rings is 2. The van der Waals surface area contributed by atoms with Crippen LogP contribution in [0.4, 0.5) is 4.79 Å². The summed E-state index contributed by atoms with van der Waals surface area (Å²) < 4.78 is 32.3. The van der Waals surface area contributed by atoms with E-state index >= 15 is 0 Å². The lowest BCUT2D eigenvalue weighted by Crippen LogP contribution is -2.45. The second-order valence-corrected chi connectivity index (χ2v) is 11.1. The molecule has 2 aromatic carbocycles. The third kappa shape index (κ3) is 4.51. The summed E-state index contributed by atoms with van der Waals surface area (Å²) in [5.41, 5.74) is 0.321. The molecule has 0 spiro atoms. The quantitative estimate of drug-likeness (QED) is 0.683. The Bertz CT molecular complexity index is 1070. The third-order valence-corrected chi connectivity index (χ3v) is 7.78. The minimum atomic E-state index is -3.91. The summed E-state index contributed by atoms with van der Waals surface area (Å²) in [4.78, 5) is 24.9. The molecule has 6 nitrogen and oxygen atoms in total. The van der Waals surface area contributed by atoms with Crippen LogP contribution in [0.3, 0.4) is 0 Å². The summed E-state index contributed by atoms with van der Waals surface area (Å²) >= 11 is 0. The molecule has 0 bridgehead atoms. The van der Waals surface area contributed by atoms with Crippen LogP contribution >= 0.6 is 0 Å². The Morgan fingerprint density at radius 1 is 1.10 bits per heavy atom. The lowest BCUT2D eigenvalue weighted by atomic mass is 10.0. The summed E-state index contributed by atoms with van der Waals surface area (Å²) in [7, 11) is -3.91. The van der Waals surface area contributed by atoms with E-state index in [0.717, 1.165) is 17.5 Å². The van der Waals surface area contributed by atoms with Gasteiger partial charge in [0.05, 0.1) is 4.90 Å². The first-order valence-corrected chi connectivity index (χ1v) is 11.9. The molecule has 1 N–H and O–H groups in total. The lowest BCUT2D eigenvalue weighted by molar-refractivity contribution is -0.110. The van der Waals surface area contributed by atoms with Crippen LogP contribution in [0.1, 0.15) is 50.3 Å². The van der Waals surface area contributed by atoms with Gasteiger partial charge in [-0.15, -0.1) is 0 Å². The fourth-order valence-corrected chi connectivity index (χ4v) is 6.14. The van der Waals surface area contributed by atoms with Crippen molar-refractivity contribution in [1.29, 1.82) is 0 Å². The van der Waals surface area contributed by atoms with E-state index in [-0.39, 0.29) is 4.90 Å². The van der Waals surface area contributed by atoms with E-state index in [1.165, 1.54) is 12.1 Å². The van der Waals surface area contributed by atoms with Gasteiger partial charge in [-0.2, -0.15) is 0 Å². The molecular formula is C24H29NO5S. The van der Waals surface area contributed by atoms with Crippen LogP contribution in [-0.2, 0) is 25.8 Å². The first-order valence-electron chi connectivity index (χ1n) is 10.3. The molecule has 0 aliphatic heterocycles. The number of carbonyl (C=O) groups is 2. The van der Waals surface area contributed by atoms with Gasteiger partial charge in [-0.25, -0.2) is 13.2 Å². The molecule has 0 unspecified atom stereocenters. The van der Waals surface area contributed by atoms with Crippen molar-refractivity contribution < 1.29 is 22.7 Å². The zero-order valence-corrected chi connectivity index (χ0v) is 19.3. The van der Waals surface area contributed by atoms with E-state index in [0.29, 0.717) is 11.8 Å². The number of nitrogens with one attached hydrogen (secondary N) is 1. The Balaban J connectivity index is 2.04. The Morgan fingerprint density at radius 3 is 2.16 bits per heavy atom. The molecule has 7 heteroatoms. The third-order valence-electron chi connectivity index (χ3n) is 5.52. The van der Waals surface area contributed by atoms with Crippen molar-refractivity contribution in [3.05, 3.63) is 65.2 Å². The molecule has 3 atom stereocenters. The van der Waals surface area contributed by atoms with Crippen molar-refractivity contribution in [2.75, 3.05) is 0 Å².